The summed E-state index contributed by atoms with van der Waals surface area (Å²) in [6.45, 7) is 2.00. The number of benzene rings is 1. The van der Waals surface area contributed by atoms with Gasteiger partial charge in [-0.25, -0.2) is 0 Å². The first-order chi connectivity index (χ1) is 12.1. The van der Waals surface area contributed by atoms with E-state index in [2.05, 4.69) is 20.9 Å². The average Bonchev–Trinajstić information content (AvgIpc) is 3.30. The molecule has 3 heterocycles. The van der Waals surface area contributed by atoms with E-state index in [0.717, 1.165) is 15.4 Å². The van der Waals surface area contributed by atoms with Gasteiger partial charge >= 0.3 is 0 Å². The van der Waals surface area contributed by atoms with Crippen LogP contribution in [0.4, 0.5) is 0 Å². The van der Waals surface area contributed by atoms with Crippen molar-refractivity contribution >= 4 is 38.6 Å². The maximum atomic E-state index is 12.7. The van der Waals surface area contributed by atoms with E-state index in [1.807, 2.05) is 24.3 Å². The fraction of sp³-hybridized carbons (Fsp3) is 0.222. The van der Waals surface area contributed by atoms with Crippen molar-refractivity contribution in [2.45, 2.75) is 0 Å². The lowest BCUT2D eigenvalue weighted by Gasteiger charge is -2.34. The van der Waals surface area contributed by atoms with Crippen LogP contribution < -0.4 is 0 Å². The first-order valence-corrected chi connectivity index (χ1v) is 8.81. The Bertz CT molecular complexity index is 924. The summed E-state index contributed by atoms with van der Waals surface area (Å²) in [5.41, 5.74) is 1.50. The zero-order chi connectivity index (χ0) is 17.4. The summed E-state index contributed by atoms with van der Waals surface area (Å²) in [5, 5.41) is 0.990. The molecule has 4 rings (SSSR count). The van der Waals surface area contributed by atoms with E-state index >= 15 is 0 Å². The summed E-state index contributed by atoms with van der Waals surface area (Å²) in [7, 11) is 0. The number of nitrogens with one attached hydrogen (secondary N) is 1. The molecular weight excluding hydrogens is 386 g/mol. The largest absolute Gasteiger partial charge is 0.459 e. The SMILES string of the molecule is O=C(c1cc2cc(Br)ccc2[nH]1)N1CCN(C(=O)c2ccco2)CC1. The normalized spacial score (nSPS) is 14.9. The Morgan fingerprint density at radius 3 is 2.40 bits per heavy atom. The highest BCUT2D eigenvalue weighted by Gasteiger charge is 2.27. The third kappa shape index (κ3) is 3.07. The summed E-state index contributed by atoms with van der Waals surface area (Å²) >= 11 is 3.44. The summed E-state index contributed by atoms with van der Waals surface area (Å²) in [6.07, 6.45) is 1.49. The van der Waals surface area contributed by atoms with Crippen molar-refractivity contribution in [1.29, 1.82) is 0 Å². The predicted octanol–water partition coefficient (Wildman–Crippen LogP) is 3.12. The van der Waals surface area contributed by atoms with Crippen molar-refractivity contribution in [3.05, 3.63) is 58.6 Å². The number of H-pyrrole nitrogens is 1. The first-order valence-electron chi connectivity index (χ1n) is 8.02. The number of hydrogen-bond donors (Lipinski definition) is 1. The minimum atomic E-state index is -0.132. The summed E-state index contributed by atoms with van der Waals surface area (Å²) in [5.74, 6) is 0.158. The molecule has 1 aromatic carbocycles. The Balaban J connectivity index is 1.44. The smallest absolute Gasteiger partial charge is 0.289 e. The van der Waals surface area contributed by atoms with Crippen LogP contribution >= 0.6 is 15.9 Å². The van der Waals surface area contributed by atoms with E-state index in [1.165, 1.54) is 6.26 Å². The molecule has 2 aromatic heterocycles. The Kier molecular flexibility index (Phi) is 4.09. The van der Waals surface area contributed by atoms with Gasteiger partial charge in [0.1, 0.15) is 5.69 Å². The minimum Gasteiger partial charge on any atom is -0.459 e. The van der Waals surface area contributed by atoms with Crippen LogP contribution in [0.2, 0.25) is 0 Å². The van der Waals surface area contributed by atoms with Crippen molar-refractivity contribution in [1.82, 2.24) is 14.8 Å². The maximum Gasteiger partial charge on any atom is 0.289 e. The Hall–Kier alpha value is -2.54. The second kappa shape index (κ2) is 6.40. The van der Waals surface area contributed by atoms with Gasteiger partial charge in [0.15, 0.2) is 5.76 Å². The molecule has 1 fully saturated rings. The molecule has 2 amide bonds. The second-order valence-corrected chi connectivity index (χ2v) is 6.89. The monoisotopic (exact) mass is 401 g/mol. The number of hydrogen-bond acceptors (Lipinski definition) is 3. The lowest BCUT2D eigenvalue weighted by molar-refractivity contribution is 0.0516. The van der Waals surface area contributed by atoms with Crippen LogP contribution in [0.5, 0.6) is 0 Å². The van der Waals surface area contributed by atoms with Crippen LogP contribution in [0.15, 0.2) is 51.6 Å². The predicted molar refractivity (Wildman–Crippen MR) is 96.5 cm³/mol. The highest BCUT2D eigenvalue weighted by atomic mass is 79.9. The second-order valence-electron chi connectivity index (χ2n) is 5.98. The van der Waals surface area contributed by atoms with E-state index in [4.69, 9.17) is 4.42 Å². The van der Waals surface area contributed by atoms with E-state index in [0.29, 0.717) is 37.6 Å². The van der Waals surface area contributed by atoms with Gasteiger partial charge in [-0.05, 0) is 36.4 Å². The topological polar surface area (TPSA) is 69.6 Å². The van der Waals surface area contributed by atoms with Gasteiger partial charge in [-0.3, -0.25) is 9.59 Å². The standard InChI is InChI=1S/C18H16BrN3O3/c19-13-3-4-14-12(10-13)11-15(20-14)17(23)21-5-7-22(8-6-21)18(24)16-2-1-9-25-16/h1-4,9-11,20H,5-8H2. The number of fused-ring (bicyclic) bond motifs is 1. The number of aromatic nitrogens is 1. The molecule has 128 valence electrons. The number of carbonyl (C=O) groups is 2. The van der Waals surface area contributed by atoms with Gasteiger partial charge in [0, 0.05) is 41.6 Å². The molecule has 0 aliphatic carbocycles. The van der Waals surface area contributed by atoms with Crippen molar-refractivity contribution in [2.24, 2.45) is 0 Å². The van der Waals surface area contributed by atoms with Crippen LogP contribution in [0.1, 0.15) is 21.0 Å². The van der Waals surface area contributed by atoms with Gasteiger partial charge in [-0.15, -0.1) is 0 Å². The third-order valence-electron chi connectivity index (χ3n) is 4.40. The molecule has 0 bridgehead atoms. The number of carbonyl (C=O) groups excluding carboxylic acids is 2. The molecule has 1 aliphatic heterocycles. The molecule has 0 saturated carbocycles. The number of aromatic amines is 1. The molecule has 1 aliphatic rings. The van der Waals surface area contributed by atoms with E-state index in [1.54, 1.807) is 21.9 Å². The number of furan rings is 1. The van der Waals surface area contributed by atoms with Gasteiger partial charge in [0.05, 0.1) is 6.26 Å². The molecule has 1 saturated heterocycles. The molecule has 1 N–H and O–H groups in total. The number of amides is 2. The number of nitrogens with zero attached hydrogens (tertiary/aromatic N) is 2. The van der Waals surface area contributed by atoms with Crippen molar-refractivity contribution in [3.8, 4) is 0 Å². The first kappa shape index (κ1) is 16.0. The van der Waals surface area contributed by atoms with Gasteiger partial charge in [-0.2, -0.15) is 0 Å². The molecule has 0 atom stereocenters. The quantitative estimate of drug-likeness (QED) is 0.716. The average molecular weight is 402 g/mol. The zero-order valence-electron chi connectivity index (χ0n) is 13.4. The van der Waals surface area contributed by atoms with Crippen LogP contribution in [0.3, 0.4) is 0 Å². The molecule has 0 spiro atoms. The fourth-order valence-electron chi connectivity index (χ4n) is 3.06. The Labute approximate surface area is 152 Å². The highest BCUT2D eigenvalue weighted by molar-refractivity contribution is 9.10. The fourth-order valence-corrected chi connectivity index (χ4v) is 3.44. The lowest BCUT2D eigenvalue weighted by Crippen LogP contribution is -2.50. The zero-order valence-corrected chi connectivity index (χ0v) is 15.0. The third-order valence-corrected chi connectivity index (χ3v) is 4.89. The minimum absolute atomic E-state index is 0.0441. The summed E-state index contributed by atoms with van der Waals surface area (Å²) in [4.78, 5) is 31.6. The molecule has 0 radical (unpaired) electrons. The summed E-state index contributed by atoms with van der Waals surface area (Å²) in [6, 6.07) is 11.1. The molecule has 6 nitrogen and oxygen atoms in total. The van der Waals surface area contributed by atoms with Gasteiger partial charge in [0.25, 0.3) is 11.8 Å². The maximum absolute atomic E-state index is 12.7. The van der Waals surface area contributed by atoms with Gasteiger partial charge in [-0.1, -0.05) is 15.9 Å². The molecule has 3 aromatic rings. The van der Waals surface area contributed by atoms with Crippen LogP contribution in [-0.4, -0.2) is 52.8 Å². The van der Waals surface area contributed by atoms with Crippen LogP contribution in [0.25, 0.3) is 10.9 Å². The van der Waals surface area contributed by atoms with Crippen LogP contribution in [-0.2, 0) is 0 Å². The van der Waals surface area contributed by atoms with Crippen LogP contribution in [0, 0.1) is 0 Å². The lowest BCUT2D eigenvalue weighted by atomic mass is 10.2. The molecule has 7 heteroatoms. The van der Waals surface area contributed by atoms with Crippen molar-refractivity contribution in [2.75, 3.05) is 26.2 Å². The van der Waals surface area contributed by atoms with E-state index < -0.39 is 0 Å². The Morgan fingerprint density at radius 1 is 1.00 bits per heavy atom. The summed E-state index contributed by atoms with van der Waals surface area (Å²) < 4.78 is 6.13. The number of rotatable bonds is 2. The van der Waals surface area contributed by atoms with E-state index in [9.17, 15) is 9.59 Å². The highest BCUT2D eigenvalue weighted by Crippen LogP contribution is 2.21. The number of piperazine rings is 1. The van der Waals surface area contributed by atoms with Gasteiger partial charge in [0.2, 0.25) is 0 Å². The van der Waals surface area contributed by atoms with Crippen molar-refractivity contribution < 1.29 is 14.0 Å². The Morgan fingerprint density at radius 2 is 1.72 bits per heavy atom. The molecule has 0 unspecified atom stereocenters. The van der Waals surface area contributed by atoms with E-state index in [-0.39, 0.29) is 11.8 Å². The number of halogens is 1. The molecular formula is C18H16BrN3O3. The molecule has 25 heavy (non-hydrogen) atoms. The van der Waals surface area contributed by atoms with Crippen molar-refractivity contribution in [3.63, 3.8) is 0 Å². The van der Waals surface area contributed by atoms with Gasteiger partial charge < -0.3 is 19.2 Å².